The van der Waals surface area contributed by atoms with Crippen molar-refractivity contribution in [3.63, 3.8) is 0 Å². The number of furan rings is 1. The molecule has 1 aromatic heterocycles. The minimum Gasteiger partial charge on any atom is -0.459 e. The molecule has 0 spiro atoms. The van der Waals surface area contributed by atoms with Gasteiger partial charge in [0.2, 0.25) is 5.91 Å². The summed E-state index contributed by atoms with van der Waals surface area (Å²) in [5, 5.41) is 6.30. The number of hydrogen-bond acceptors (Lipinski definition) is 3. The standard InChI is InChI=1S/C16H14Cl2N2O3/c17-12-4-5-13(18)11(10-12)3-6-15(21)19-7-8-20-16(22)14-2-1-9-23-14/h1-6,9-10H,7-8H2,(H,19,21)(H,20,22)/b6-3+. The Labute approximate surface area is 143 Å². The van der Waals surface area contributed by atoms with Gasteiger partial charge in [-0.1, -0.05) is 23.2 Å². The molecule has 0 unspecified atom stereocenters. The van der Waals surface area contributed by atoms with Gasteiger partial charge in [0.25, 0.3) is 5.91 Å². The molecule has 23 heavy (non-hydrogen) atoms. The van der Waals surface area contributed by atoms with Crippen molar-refractivity contribution in [2.45, 2.75) is 0 Å². The maximum absolute atomic E-state index is 11.7. The highest BCUT2D eigenvalue weighted by Crippen LogP contribution is 2.21. The Bertz CT molecular complexity index is 712. The molecule has 0 saturated carbocycles. The van der Waals surface area contributed by atoms with E-state index in [-0.39, 0.29) is 24.1 Å². The maximum atomic E-state index is 11.7. The van der Waals surface area contributed by atoms with Crippen LogP contribution < -0.4 is 10.6 Å². The minimum atomic E-state index is -0.328. The predicted octanol–water partition coefficient (Wildman–Crippen LogP) is 3.15. The highest BCUT2D eigenvalue weighted by atomic mass is 35.5. The number of halogens is 2. The molecule has 0 radical (unpaired) electrons. The molecule has 2 amide bonds. The van der Waals surface area contributed by atoms with Crippen LogP contribution in [0.3, 0.4) is 0 Å². The van der Waals surface area contributed by atoms with E-state index in [9.17, 15) is 9.59 Å². The molecule has 2 aromatic rings. The molecule has 0 fully saturated rings. The van der Waals surface area contributed by atoms with Crippen LogP contribution >= 0.6 is 23.2 Å². The van der Waals surface area contributed by atoms with Crippen molar-refractivity contribution in [1.29, 1.82) is 0 Å². The second-order valence-corrected chi connectivity index (χ2v) is 5.37. The van der Waals surface area contributed by atoms with Crippen LogP contribution in [0.15, 0.2) is 47.1 Å². The smallest absolute Gasteiger partial charge is 0.287 e. The fourth-order valence-corrected chi connectivity index (χ4v) is 2.08. The van der Waals surface area contributed by atoms with Gasteiger partial charge in [0.15, 0.2) is 5.76 Å². The van der Waals surface area contributed by atoms with Gasteiger partial charge in [-0.2, -0.15) is 0 Å². The van der Waals surface area contributed by atoms with Gasteiger partial charge in [-0.15, -0.1) is 0 Å². The van der Waals surface area contributed by atoms with Crippen LogP contribution in [-0.4, -0.2) is 24.9 Å². The summed E-state index contributed by atoms with van der Waals surface area (Å²) in [6.07, 6.45) is 4.35. The number of hydrogen-bond donors (Lipinski definition) is 2. The molecule has 5 nitrogen and oxygen atoms in total. The molecule has 0 aliphatic heterocycles. The van der Waals surface area contributed by atoms with Crippen LogP contribution in [0.25, 0.3) is 6.08 Å². The van der Waals surface area contributed by atoms with Crippen LogP contribution in [-0.2, 0) is 4.79 Å². The van der Waals surface area contributed by atoms with Gasteiger partial charge in [-0.05, 0) is 42.0 Å². The number of benzene rings is 1. The summed E-state index contributed by atoms with van der Waals surface area (Å²) in [6, 6.07) is 8.18. The lowest BCUT2D eigenvalue weighted by Crippen LogP contribution is -2.33. The average Bonchev–Trinajstić information content (AvgIpc) is 3.06. The zero-order valence-corrected chi connectivity index (χ0v) is 13.5. The first-order valence-electron chi connectivity index (χ1n) is 6.79. The van der Waals surface area contributed by atoms with Gasteiger partial charge in [0.1, 0.15) is 0 Å². The zero-order chi connectivity index (χ0) is 16.7. The lowest BCUT2D eigenvalue weighted by molar-refractivity contribution is -0.116. The van der Waals surface area contributed by atoms with Crippen LogP contribution in [0.1, 0.15) is 16.1 Å². The van der Waals surface area contributed by atoms with Gasteiger partial charge >= 0.3 is 0 Å². The summed E-state index contributed by atoms with van der Waals surface area (Å²) < 4.78 is 4.95. The summed E-state index contributed by atoms with van der Waals surface area (Å²) in [7, 11) is 0. The Balaban J connectivity index is 1.74. The molecule has 0 bridgehead atoms. The summed E-state index contributed by atoms with van der Waals surface area (Å²) >= 11 is 11.9. The number of carbonyl (C=O) groups excluding carboxylic acids is 2. The fourth-order valence-electron chi connectivity index (χ4n) is 1.72. The van der Waals surface area contributed by atoms with Crippen LogP contribution in [0.5, 0.6) is 0 Å². The predicted molar refractivity (Wildman–Crippen MR) is 89.5 cm³/mol. The summed E-state index contributed by atoms with van der Waals surface area (Å²) in [5.74, 6) is -0.398. The summed E-state index contributed by atoms with van der Waals surface area (Å²) in [4.78, 5) is 23.3. The van der Waals surface area contributed by atoms with Crippen LogP contribution in [0.4, 0.5) is 0 Å². The number of amides is 2. The van der Waals surface area contributed by atoms with E-state index in [1.807, 2.05) is 0 Å². The Hall–Kier alpha value is -2.24. The number of rotatable bonds is 6. The molecule has 120 valence electrons. The monoisotopic (exact) mass is 352 g/mol. The highest BCUT2D eigenvalue weighted by molar-refractivity contribution is 6.34. The first-order valence-corrected chi connectivity index (χ1v) is 7.54. The molecule has 0 atom stereocenters. The molecule has 7 heteroatoms. The Morgan fingerprint density at radius 3 is 2.65 bits per heavy atom. The topological polar surface area (TPSA) is 71.3 Å². The van der Waals surface area contributed by atoms with E-state index >= 15 is 0 Å². The van der Waals surface area contributed by atoms with Gasteiger partial charge in [0.05, 0.1) is 6.26 Å². The molecule has 1 heterocycles. The average molecular weight is 353 g/mol. The van der Waals surface area contributed by atoms with Crippen molar-refractivity contribution < 1.29 is 14.0 Å². The van der Waals surface area contributed by atoms with Gasteiger partial charge in [0, 0.05) is 29.2 Å². The fraction of sp³-hybridized carbons (Fsp3) is 0.125. The van der Waals surface area contributed by atoms with Crippen molar-refractivity contribution in [3.05, 3.63) is 64.0 Å². The third-order valence-electron chi connectivity index (χ3n) is 2.83. The van der Waals surface area contributed by atoms with E-state index in [1.54, 1.807) is 36.4 Å². The Morgan fingerprint density at radius 2 is 1.91 bits per heavy atom. The maximum Gasteiger partial charge on any atom is 0.287 e. The highest BCUT2D eigenvalue weighted by Gasteiger charge is 2.06. The molecule has 1 aromatic carbocycles. The lowest BCUT2D eigenvalue weighted by Gasteiger charge is -2.04. The first kappa shape index (κ1) is 17.1. The van der Waals surface area contributed by atoms with E-state index in [4.69, 9.17) is 27.6 Å². The third-order valence-corrected chi connectivity index (χ3v) is 3.41. The SMILES string of the molecule is O=C(/C=C/c1cc(Cl)ccc1Cl)NCCNC(=O)c1ccco1. The van der Waals surface area contributed by atoms with E-state index in [1.165, 1.54) is 12.3 Å². The second-order valence-electron chi connectivity index (χ2n) is 4.52. The van der Waals surface area contributed by atoms with Crippen molar-refractivity contribution in [2.24, 2.45) is 0 Å². The normalized spacial score (nSPS) is 10.7. The summed E-state index contributed by atoms with van der Waals surface area (Å²) in [5.41, 5.74) is 0.653. The molecular formula is C16H14Cl2N2O3. The Morgan fingerprint density at radius 1 is 1.13 bits per heavy atom. The largest absolute Gasteiger partial charge is 0.459 e. The van der Waals surface area contributed by atoms with Crippen LogP contribution in [0.2, 0.25) is 10.0 Å². The van der Waals surface area contributed by atoms with Crippen LogP contribution in [0, 0.1) is 0 Å². The van der Waals surface area contributed by atoms with Crippen molar-refractivity contribution in [1.82, 2.24) is 10.6 Å². The minimum absolute atomic E-state index is 0.229. The number of nitrogens with one attached hydrogen (secondary N) is 2. The third kappa shape index (κ3) is 5.47. The van der Waals surface area contributed by atoms with Gasteiger partial charge in [-0.3, -0.25) is 9.59 Å². The van der Waals surface area contributed by atoms with Crippen molar-refractivity contribution in [3.8, 4) is 0 Å². The molecule has 0 aliphatic rings. The molecule has 0 saturated heterocycles. The van der Waals surface area contributed by atoms with Crippen molar-refractivity contribution in [2.75, 3.05) is 13.1 Å². The van der Waals surface area contributed by atoms with E-state index in [2.05, 4.69) is 10.6 Å². The molecule has 0 aliphatic carbocycles. The van der Waals surface area contributed by atoms with E-state index in [0.717, 1.165) is 0 Å². The quantitative estimate of drug-likeness (QED) is 0.619. The second kappa shape index (κ2) is 8.41. The zero-order valence-electron chi connectivity index (χ0n) is 12.0. The lowest BCUT2D eigenvalue weighted by atomic mass is 10.2. The first-order chi connectivity index (χ1) is 11.1. The van der Waals surface area contributed by atoms with Crippen molar-refractivity contribution >= 4 is 41.1 Å². The van der Waals surface area contributed by atoms with E-state index in [0.29, 0.717) is 22.2 Å². The van der Waals surface area contributed by atoms with Gasteiger partial charge in [-0.25, -0.2) is 0 Å². The summed E-state index contributed by atoms with van der Waals surface area (Å²) in [6.45, 7) is 0.579. The molecule has 2 N–H and O–H groups in total. The molecule has 2 rings (SSSR count). The molecular weight excluding hydrogens is 339 g/mol. The Kier molecular flexibility index (Phi) is 6.26. The number of carbonyl (C=O) groups is 2. The van der Waals surface area contributed by atoms with E-state index < -0.39 is 0 Å². The van der Waals surface area contributed by atoms with Gasteiger partial charge < -0.3 is 15.1 Å².